The number of carbonyl (C=O) groups excluding carboxylic acids is 5. The number of ether oxygens (including phenoxy) is 1. The van der Waals surface area contributed by atoms with Crippen molar-refractivity contribution in [2.24, 2.45) is 5.92 Å². The fourth-order valence-electron chi connectivity index (χ4n) is 4.24. The number of nitrogens with zero attached hydrogens (tertiary/aromatic N) is 1. The van der Waals surface area contributed by atoms with Crippen molar-refractivity contribution in [2.45, 2.75) is 66.4 Å². The molecule has 1 amide bonds. The lowest BCUT2D eigenvalue weighted by Crippen LogP contribution is -2.35. The first kappa shape index (κ1) is 37.0. The third kappa shape index (κ3) is 12.4. The van der Waals surface area contributed by atoms with Gasteiger partial charge in [-0.1, -0.05) is 20.3 Å². The molecule has 0 unspecified atom stereocenters. The van der Waals surface area contributed by atoms with Crippen LogP contribution in [0.15, 0.2) is 30.3 Å². The van der Waals surface area contributed by atoms with Gasteiger partial charge in [0.25, 0.3) is 5.91 Å². The molecule has 1 N–H and O–H groups in total. The van der Waals surface area contributed by atoms with Gasteiger partial charge in [0.05, 0.1) is 12.2 Å². The highest BCUT2D eigenvalue weighted by Gasteiger charge is 2.28. The Morgan fingerprint density at radius 1 is 0.951 bits per heavy atom. The summed E-state index contributed by atoms with van der Waals surface area (Å²) in [5.74, 6) is -3.81. The molecule has 1 heterocycles. The van der Waals surface area contributed by atoms with Crippen molar-refractivity contribution in [2.75, 3.05) is 23.3 Å². The Balaban J connectivity index is 0.00000210. The minimum atomic E-state index is -1.09. The molecule has 0 aliphatic carbocycles. The van der Waals surface area contributed by atoms with Gasteiger partial charge < -0.3 is 29.3 Å². The van der Waals surface area contributed by atoms with Gasteiger partial charge >= 0.3 is 5.97 Å². The van der Waals surface area contributed by atoms with Crippen molar-refractivity contribution < 1.29 is 41.9 Å². The smallest absolute Gasteiger partial charge is 0.302 e. The molecule has 2 aromatic carbocycles. The maximum absolute atomic E-state index is 14.9. The molecule has 2 atom stereocenters. The summed E-state index contributed by atoms with van der Waals surface area (Å²) in [5.41, 5.74) is 0.336. The summed E-state index contributed by atoms with van der Waals surface area (Å²) < 4.78 is 47.5. The van der Waals surface area contributed by atoms with Gasteiger partial charge in [-0.3, -0.25) is 9.59 Å². The highest BCUT2D eigenvalue weighted by Crippen LogP contribution is 2.29. The fraction of sp³-hybridized carbons (Fsp3) is 0.433. The second-order valence-corrected chi connectivity index (χ2v) is 9.40. The summed E-state index contributed by atoms with van der Waals surface area (Å²) in [6, 6.07) is 5.96. The van der Waals surface area contributed by atoms with E-state index in [1.165, 1.54) is 45.4 Å². The van der Waals surface area contributed by atoms with Crippen LogP contribution in [0.3, 0.4) is 0 Å². The first-order valence-electron chi connectivity index (χ1n) is 13.0. The van der Waals surface area contributed by atoms with Gasteiger partial charge in [-0.05, 0) is 62.4 Å². The summed E-state index contributed by atoms with van der Waals surface area (Å²) in [6.45, 7) is 13.0. The second-order valence-electron chi connectivity index (χ2n) is 9.40. The molecular formula is C30H39F3N2O6. The van der Waals surface area contributed by atoms with E-state index in [0.717, 1.165) is 12.1 Å². The SMILES string of the molecule is C=O.C=O.CC(=O)C[C@H]1CC[C@@H](OC(C)=O)CN(c2cc(C(=O)Nc3cc(C)c(F)c(F)c3)ccc2F)C1.CCC. The van der Waals surface area contributed by atoms with Gasteiger partial charge in [-0.25, -0.2) is 13.2 Å². The second kappa shape index (κ2) is 19.1. The number of nitrogens with one attached hydrogen (secondary N) is 1. The Labute approximate surface area is 239 Å². The molecule has 1 aliphatic heterocycles. The molecule has 2 aromatic rings. The molecule has 226 valence electrons. The van der Waals surface area contributed by atoms with Crippen molar-refractivity contribution in [3.05, 3.63) is 58.9 Å². The predicted octanol–water partition coefficient (Wildman–Crippen LogP) is 5.84. The molecule has 8 nitrogen and oxygen atoms in total. The first-order chi connectivity index (χ1) is 19.4. The standard InChI is InChI=1S/C25H27F3N2O4.C3H8.2CH2O/c1-14-8-19(11-22(27)24(14)28)29-25(33)18-5-7-21(26)23(10-18)30-12-17(9-15(2)31)4-6-20(13-30)34-16(3)32;1-3-2;2*1-2/h5,7-8,10-11,17,20H,4,6,9,12-13H2,1-3H3,(H,29,33);3H2,1-2H3;2*1H2/t17-,20-;;;/m1.../s1. The monoisotopic (exact) mass is 580 g/mol. The largest absolute Gasteiger partial charge is 0.461 e. The number of carbonyl (C=O) groups is 5. The van der Waals surface area contributed by atoms with Crippen LogP contribution >= 0.6 is 0 Å². The molecule has 1 fully saturated rings. The molecule has 1 aliphatic rings. The topological polar surface area (TPSA) is 110 Å². The minimum absolute atomic E-state index is 0.00584. The van der Waals surface area contributed by atoms with E-state index >= 15 is 0 Å². The average molecular weight is 581 g/mol. The van der Waals surface area contributed by atoms with E-state index < -0.39 is 35.4 Å². The summed E-state index contributed by atoms with van der Waals surface area (Å²) in [5, 5.41) is 2.50. The molecule has 0 bridgehead atoms. The molecule has 0 aromatic heterocycles. The van der Waals surface area contributed by atoms with Crippen LogP contribution < -0.4 is 10.2 Å². The van der Waals surface area contributed by atoms with Gasteiger partial charge in [-0.2, -0.15) is 0 Å². The predicted molar refractivity (Wildman–Crippen MR) is 151 cm³/mol. The van der Waals surface area contributed by atoms with Crippen molar-refractivity contribution in [3.63, 3.8) is 0 Å². The molecular weight excluding hydrogens is 541 g/mol. The Hall–Kier alpha value is -4.02. The number of Topliss-reactive ketones (excluding diaryl/α,β-unsaturated/α-hetero) is 1. The van der Waals surface area contributed by atoms with Crippen LogP contribution in [0.25, 0.3) is 0 Å². The summed E-state index contributed by atoms with van der Waals surface area (Å²) in [6.07, 6.45) is 2.23. The molecule has 41 heavy (non-hydrogen) atoms. The quantitative estimate of drug-likeness (QED) is 0.428. The number of esters is 1. The van der Waals surface area contributed by atoms with E-state index in [1.807, 2.05) is 13.6 Å². The Kier molecular flexibility index (Phi) is 17.2. The third-order valence-corrected chi connectivity index (χ3v) is 5.73. The zero-order valence-corrected chi connectivity index (χ0v) is 24.2. The molecule has 11 heteroatoms. The molecule has 3 rings (SSSR count). The zero-order valence-electron chi connectivity index (χ0n) is 24.2. The van der Waals surface area contributed by atoms with E-state index in [1.54, 1.807) is 4.90 Å². The molecule has 0 spiro atoms. The van der Waals surface area contributed by atoms with Crippen LogP contribution in [-0.4, -0.2) is 50.4 Å². The Morgan fingerprint density at radius 3 is 2.10 bits per heavy atom. The molecule has 0 saturated carbocycles. The molecule has 1 saturated heterocycles. The minimum Gasteiger partial charge on any atom is -0.461 e. The van der Waals surface area contributed by atoms with Gasteiger partial charge in [0.15, 0.2) is 11.6 Å². The van der Waals surface area contributed by atoms with Crippen LogP contribution in [0.2, 0.25) is 0 Å². The van der Waals surface area contributed by atoms with Gasteiger partial charge in [0, 0.05) is 37.2 Å². The number of hydrogen-bond acceptors (Lipinski definition) is 7. The first-order valence-corrected chi connectivity index (χ1v) is 13.0. The van der Waals surface area contributed by atoms with Gasteiger partial charge in [-0.15, -0.1) is 0 Å². The number of ketones is 1. The highest BCUT2D eigenvalue weighted by molar-refractivity contribution is 6.04. The number of rotatable bonds is 6. The lowest BCUT2D eigenvalue weighted by molar-refractivity contribution is -0.146. The molecule has 0 radical (unpaired) electrons. The van der Waals surface area contributed by atoms with Crippen LogP contribution in [-0.2, 0) is 23.9 Å². The maximum Gasteiger partial charge on any atom is 0.302 e. The lowest BCUT2D eigenvalue weighted by atomic mass is 9.97. The zero-order chi connectivity index (χ0) is 31.7. The van der Waals surface area contributed by atoms with Crippen molar-refractivity contribution >= 4 is 42.6 Å². The normalized spacial score (nSPS) is 15.8. The van der Waals surface area contributed by atoms with Crippen molar-refractivity contribution in [1.82, 2.24) is 0 Å². The van der Waals surface area contributed by atoms with Crippen LogP contribution in [0.1, 0.15) is 69.3 Å². The van der Waals surface area contributed by atoms with E-state index in [9.17, 15) is 27.6 Å². The number of hydrogen-bond donors (Lipinski definition) is 1. The highest BCUT2D eigenvalue weighted by atomic mass is 19.2. The van der Waals surface area contributed by atoms with Gasteiger partial charge in [0.2, 0.25) is 0 Å². The number of halogens is 3. The summed E-state index contributed by atoms with van der Waals surface area (Å²) >= 11 is 0. The number of aryl methyl sites for hydroxylation is 1. The van der Waals surface area contributed by atoms with Crippen LogP contribution in [0.5, 0.6) is 0 Å². The number of amides is 1. The fourth-order valence-corrected chi connectivity index (χ4v) is 4.24. The van der Waals surface area contributed by atoms with E-state index in [2.05, 4.69) is 19.2 Å². The van der Waals surface area contributed by atoms with Crippen molar-refractivity contribution in [1.29, 1.82) is 0 Å². The van der Waals surface area contributed by atoms with Crippen LogP contribution in [0.4, 0.5) is 24.5 Å². The third-order valence-electron chi connectivity index (χ3n) is 5.73. The van der Waals surface area contributed by atoms with E-state index in [-0.39, 0.29) is 40.7 Å². The Bertz CT molecular complexity index is 1110. The van der Waals surface area contributed by atoms with Gasteiger partial charge in [0.1, 0.15) is 31.3 Å². The summed E-state index contributed by atoms with van der Waals surface area (Å²) in [4.78, 5) is 53.7. The van der Waals surface area contributed by atoms with Crippen molar-refractivity contribution in [3.8, 4) is 0 Å². The Morgan fingerprint density at radius 2 is 1.56 bits per heavy atom. The summed E-state index contributed by atoms with van der Waals surface area (Å²) in [7, 11) is 0. The lowest BCUT2D eigenvalue weighted by Gasteiger charge is -2.28. The average Bonchev–Trinajstić information content (AvgIpc) is 3.11. The number of benzene rings is 2. The van der Waals surface area contributed by atoms with E-state index in [0.29, 0.717) is 25.8 Å². The van der Waals surface area contributed by atoms with E-state index in [4.69, 9.17) is 14.3 Å². The number of anilines is 2. The van der Waals surface area contributed by atoms with Crippen LogP contribution in [0, 0.1) is 30.3 Å². The maximum atomic E-state index is 14.9.